The topological polar surface area (TPSA) is 66.5 Å². The maximum Gasteiger partial charge on any atom is 0.317 e. The predicted octanol–water partition coefficient (Wildman–Crippen LogP) is -0.554. The molecule has 1 aliphatic rings. The van der Waals surface area contributed by atoms with E-state index in [9.17, 15) is 13.2 Å². The second kappa shape index (κ2) is 3.95. The fourth-order valence-corrected chi connectivity index (χ4v) is 1.90. The average molecular weight is 206 g/mol. The third kappa shape index (κ3) is 3.63. The lowest BCUT2D eigenvalue weighted by atomic mass is 10.4. The molecule has 1 N–H and O–H groups in total. The molecular weight excluding hydrogens is 192 g/mol. The van der Waals surface area contributed by atoms with E-state index in [1.54, 1.807) is 4.90 Å². The second-order valence-corrected chi connectivity index (χ2v) is 5.46. The molecule has 0 spiro atoms. The van der Waals surface area contributed by atoms with Gasteiger partial charge in [0.2, 0.25) is 0 Å². The van der Waals surface area contributed by atoms with Crippen molar-refractivity contribution in [3.8, 4) is 0 Å². The summed E-state index contributed by atoms with van der Waals surface area (Å²) < 4.78 is 21.5. The maximum absolute atomic E-state index is 11.0. The number of nitrogens with zero attached hydrogens (tertiary/aromatic N) is 1. The molecule has 0 aromatic rings. The van der Waals surface area contributed by atoms with Gasteiger partial charge < -0.3 is 10.2 Å². The summed E-state index contributed by atoms with van der Waals surface area (Å²) in [4.78, 5) is 12.6. The van der Waals surface area contributed by atoms with Crippen molar-refractivity contribution in [2.24, 2.45) is 0 Å². The van der Waals surface area contributed by atoms with Gasteiger partial charge in [0.15, 0.2) is 0 Å². The van der Waals surface area contributed by atoms with Gasteiger partial charge in [0.25, 0.3) is 0 Å². The zero-order chi connectivity index (χ0) is 9.90. The molecule has 0 atom stereocenters. The Bertz CT molecular complexity index is 286. The van der Waals surface area contributed by atoms with Gasteiger partial charge in [0.1, 0.15) is 9.84 Å². The van der Waals surface area contributed by atoms with Crippen LogP contribution in [-0.2, 0) is 9.84 Å². The maximum atomic E-state index is 11.0. The Morgan fingerprint density at radius 3 is 2.69 bits per heavy atom. The summed E-state index contributed by atoms with van der Waals surface area (Å²) in [6.07, 6.45) is 1.73. The Morgan fingerprint density at radius 1 is 1.54 bits per heavy atom. The Balaban J connectivity index is 2.23. The summed E-state index contributed by atoms with van der Waals surface area (Å²) in [5, 5.41) is 2.65. The summed E-state index contributed by atoms with van der Waals surface area (Å²) in [6.45, 7) is 1.87. The first-order valence-corrected chi connectivity index (χ1v) is 6.25. The average Bonchev–Trinajstić information content (AvgIpc) is 2.34. The van der Waals surface area contributed by atoms with Crippen LogP contribution in [0.2, 0.25) is 0 Å². The van der Waals surface area contributed by atoms with Gasteiger partial charge in [0, 0.05) is 25.9 Å². The lowest BCUT2D eigenvalue weighted by Gasteiger charge is -2.12. The number of urea groups is 1. The van der Waals surface area contributed by atoms with Gasteiger partial charge in [-0.3, -0.25) is 0 Å². The van der Waals surface area contributed by atoms with Crippen LogP contribution >= 0.6 is 0 Å². The van der Waals surface area contributed by atoms with E-state index in [1.165, 1.54) is 6.26 Å². The summed E-state index contributed by atoms with van der Waals surface area (Å²) in [7, 11) is -2.89. The third-order valence-corrected chi connectivity index (χ3v) is 2.92. The SMILES string of the molecule is CS(=O)(=O)CCCN1CCNC1=O. The Labute approximate surface area is 78.0 Å². The van der Waals surface area contributed by atoms with Crippen molar-refractivity contribution in [2.45, 2.75) is 6.42 Å². The van der Waals surface area contributed by atoms with E-state index in [4.69, 9.17) is 0 Å². The highest BCUT2D eigenvalue weighted by Gasteiger charge is 2.18. The number of carbonyl (C=O) groups is 1. The van der Waals surface area contributed by atoms with Crippen molar-refractivity contribution in [2.75, 3.05) is 31.6 Å². The van der Waals surface area contributed by atoms with Crippen LogP contribution in [0.3, 0.4) is 0 Å². The Morgan fingerprint density at radius 2 is 2.23 bits per heavy atom. The van der Waals surface area contributed by atoms with E-state index >= 15 is 0 Å². The normalized spacial score (nSPS) is 17.6. The lowest BCUT2D eigenvalue weighted by Crippen LogP contribution is -2.29. The summed E-state index contributed by atoms with van der Waals surface area (Å²) in [6, 6.07) is -0.0894. The number of rotatable bonds is 4. The molecule has 1 saturated heterocycles. The molecule has 0 unspecified atom stereocenters. The highest BCUT2D eigenvalue weighted by atomic mass is 32.2. The Kier molecular flexibility index (Phi) is 3.13. The molecule has 76 valence electrons. The van der Waals surface area contributed by atoms with Crippen LogP contribution in [0.1, 0.15) is 6.42 Å². The minimum Gasteiger partial charge on any atom is -0.336 e. The minimum atomic E-state index is -2.89. The molecule has 2 amide bonds. The molecule has 0 aromatic carbocycles. The first-order chi connectivity index (χ1) is 5.99. The highest BCUT2D eigenvalue weighted by molar-refractivity contribution is 7.90. The van der Waals surface area contributed by atoms with Crippen molar-refractivity contribution < 1.29 is 13.2 Å². The van der Waals surface area contributed by atoms with Crippen molar-refractivity contribution in [3.05, 3.63) is 0 Å². The van der Waals surface area contributed by atoms with Crippen LogP contribution in [-0.4, -0.2) is 51.0 Å². The van der Waals surface area contributed by atoms with Crippen LogP contribution in [0.15, 0.2) is 0 Å². The number of nitrogens with one attached hydrogen (secondary N) is 1. The molecule has 0 saturated carbocycles. The fraction of sp³-hybridized carbons (Fsp3) is 0.857. The molecule has 0 radical (unpaired) electrons. The third-order valence-electron chi connectivity index (χ3n) is 1.89. The van der Waals surface area contributed by atoms with E-state index in [1.807, 2.05) is 0 Å². The predicted molar refractivity (Wildman–Crippen MR) is 49.3 cm³/mol. The minimum absolute atomic E-state index is 0.0894. The first kappa shape index (κ1) is 10.3. The first-order valence-electron chi connectivity index (χ1n) is 4.19. The molecule has 0 aromatic heterocycles. The molecule has 1 heterocycles. The monoisotopic (exact) mass is 206 g/mol. The van der Waals surface area contributed by atoms with Crippen LogP contribution < -0.4 is 5.32 Å². The summed E-state index contributed by atoms with van der Waals surface area (Å²) in [5.74, 6) is 0.150. The van der Waals surface area contributed by atoms with Gasteiger partial charge in [0.05, 0.1) is 5.75 Å². The van der Waals surface area contributed by atoms with E-state index in [-0.39, 0.29) is 11.8 Å². The van der Waals surface area contributed by atoms with Gasteiger partial charge in [-0.1, -0.05) is 0 Å². The molecular formula is C7H14N2O3S. The molecule has 0 bridgehead atoms. The fourth-order valence-electron chi connectivity index (χ4n) is 1.24. The van der Waals surface area contributed by atoms with Crippen LogP contribution in [0.5, 0.6) is 0 Å². The van der Waals surface area contributed by atoms with Gasteiger partial charge in [-0.15, -0.1) is 0 Å². The van der Waals surface area contributed by atoms with Crippen molar-refractivity contribution in [3.63, 3.8) is 0 Å². The molecule has 0 aliphatic carbocycles. The van der Waals surface area contributed by atoms with E-state index in [2.05, 4.69) is 5.32 Å². The molecule has 6 heteroatoms. The van der Waals surface area contributed by atoms with E-state index in [0.717, 1.165) is 0 Å². The molecule has 1 rings (SSSR count). The van der Waals surface area contributed by atoms with Crippen LogP contribution in [0.4, 0.5) is 4.79 Å². The second-order valence-electron chi connectivity index (χ2n) is 3.20. The number of hydrogen-bond donors (Lipinski definition) is 1. The smallest absolute Gasteiger partial charge is 0.317 e. The lowest BCUT2D eigenvalue weighted by molar-refractivity contribution is 0.217. The molecule has 1 fully saturated rings. The zero-order valence-corrected chi connectivity index (χ0v) is 8.43. The highest BCUT2D eigenvalue weighted by Crippen LogP contribution is 1.99. The number of carbonyl (C=O) groups excluding carboxylic acids is 1. The van der Waals surface area contributed by atoms with Crippen molar-refractivity contribution >= 4 is 15.9 Å². The van der Waals surface area contributed by atoms with Gasteiger partial charge in [-0.25, -0.2) is 13.2 Å². The van der Waals surface area contributed by atoms with Gasteiger partial charge in [-0.05, 0) is 6.42 Å². The number of sulfone groups is 1. The van der Waals surface area contributed by atoms with E-state index in [0.29, 0.717) is 26.1 Å². The number of amides is 2. The van der Waals surface area contributed by atoms with Gasteiger partial charge in [-0.2, -0.15) is 0 Å². The quantitative estimate of drug-likeness (QED) is 0.671. The molecule has 1 aliphatic heterocycles. The molecule has 13 heavy (non-hydrogen) atoms. The molecule has 5 nitrogen and oxygen atoms in total. The van der Waals surface area contributed by atoms with Gasteiger partial charge >= 0.3 is 6.03 Å². The van der Waals surface area contributed by atoms with E-state index < -0.39 is 9.84 Å². The van der Waals surface area contributed by atoms with Crippen molar-refractivity contribution in [1.29, 1.82) is 0 Å². The van der Waals surface area contributed by atoms with Crippen LogP contribution in [0, 0.1) is 0 Å². The zero-order valence-electron chi connectivity index (χ0n) is 7.62. The summed E-state index contributed by atoms with van der Waals surface area (Å²) in [5.41, 5.74) is 0. The Hall–Kier alpha value is -0.780. The number of hydrogen-bond acceptors (Lipinski definition) is 3. The standard InChI is InChI=1S/C7H14N2O3S/c1-13(11,12)6-2-4-9-5-3-8-7(9)10/h2-6H2,1H3,(H,8,10). The largest absolute Gasteiger partial charge is 0.336 e. The van der Waals surface area contributed by atoms with Crippen LogP contribution in [0.25, 0.3) is 0 Å². The summed E-state index contributed by atoms with van der Waals surface area (Å²) >= 11 is 0. The van der Waals surface area contributed by atoms with Crippen molar-refractivity contribution in [1.82, 2.24) is 10.2 Å².